The molecule has 2 heterocycles. The Labute approximate surface area is 187 Å². The van der Waals surface area contributed by atoms with E-state index in [-0.39, 0.29) is 34.0 Å². The van der Waals surface area contributed by atoms with Crippen molar-refractivity contribution >= 4 is 0 Å². The molecule has 0 aliphatic heterocycles. The standard InChI is InChI=1S/C23H36N2.2BrH/c1-22-16-10-14-20-24(22)18-12-8-6-4-3-5-7-9-13-19-25-21-15-11-17-23(25)2;;/h10-11,14-17,20-21H,3-9,12-13,18-19H2,1-2H3;2*1H/q+2;;/p-2. The zero-order valence-corrected chi connectivity index (χ0v) is 20.2. The molecular weight excluding hydrogens is 464 g/mol. The Morgan fingerprint density at radius 1 is 0.519 bits per heavy atom. The van der Waals surface area contributed by atoms with Crippen LogP contribution >= 0.6 is 0 Å². The summed E-state index contributed by atoms with van der Waals surface area (Å²) in [4.78, 5) is 0. The number of hydrogen-bond acceptors (Lipinski definition) is 0. The Kier molecular flexibility index (Phi) is 15.8. The topological polar surface area (TPSA) is 7.76 Å². The molecule has 2 aromatic heterocycles. The van der Waals surface area contributed by atoms with Crippen LogP contribution in [0.4, 0.5) is 0 Å². The summed E-state index contributed by atoms with van der Waals surface area (Å²) in [7, 11) is 0. The van der Waals surface area contributed by atoms with Crippen LogP contribution in [0, 0.1) is 13.8 Å². The smallest absolute Gasteiger partial charge is 0.178 e. The van der Waals surface area contributed by atoms with Crippen LogP contribution in [0.25, 0.3) is 0 Å². The summed E-state index contributed by atoms with van der Waals surface area (Å²) in [5.41, 5.74) is 2.73. The molecule has 27 heavy (non-hydrogen) atoms. The molecule has 0 aliphatic carbocycles. The quantitative estimate of drug-likeness (QED) is 0.264. The van der Waals surface area contributed by atoms with Gasteiger partial charge in [0.05, 0.1) is 0 Å². The van der Waals surface area contributed by atoms with Gasteiger partial charge in [0.15, 0.2) is 23.8 Å². The van der Waals surface area contributed by atoms with E-state index in [1.807, 2.05) is 0 Å². The Hall–Kier alpha value is -0.740. The van der Waals surface area contributed by atoms with Gasteiger partial charge in [-0.25, -0.2) is 9.13 Å². The zero-order chi connectivity index (χ0) is 17.7. The molecule has 4 heteroatoms. The van der Waals surface area contributed by atoms with Gasteiger partial charge in [0.1, 0.15) is 13.1 Å². The predicted molar refractivity (Wildman–Crippen MR) is 104 cm³/mol. The number of pyridine rings is 2. The summed E-state index contributed by atoms with van der Waals surface area (Å²) in [6.07, 6.45) is 16.8. The van der Waals surface area contributed by atoms with E-state index in [1.54, 1.807) is 0 Å². The van der Waals surface area contributed by atoms with Crippen LogP contribution in [0.3, 0.4) is 0 Å². The van der Waals surface area contributed by atoms with Gasteiger partial charge in [0, 0.05) is 51.0 Å². The predicted octanol–water partition coefficient (Wildman–Crippen LogP) is -0.902. The van der Waals surface area contributed by atoms with Crippen molar-refractivity contribution in [1.82, 2.24) is 0 Å². The van der Waals surface area contributed by atoms with E-state index in [2.05, 4.69) is 71.8 Å². The highest BCUT2D eigenvalue weighted by Crippen LogP contribution is 2.10. The SMILES string of the molecule is Cc1cccc[n+]1CCCCCCCCCCC[n+]1ccccc1C.[Br-].[Br-]. The second kappa shape index (κ2) is 16.2. The second-order valence-electron chi connectivity index (χ2n) is 7.25. The van der Waals surface area contributed by atoms with Gasteiger partial charge in [-0.05, 0) is 12.8 Å². The number of rotatable bonds is 12. The van der Waals surface area contributed by atoms with E-state index < -0.39 is 0 Å². The molecule has 0 N–H and O–H groups in total. The minimum Gasteiger partial charge on any atom is -1.00 e. The number of unbranched alkanes of at least 4 members (excludes halogenated alkanes) is 8. The summed E-state index contributed by atoms with van der Waals surface area (Å²) in [6.45, 7) is 6.72. The molecular formula is C23H36Br2N2. The highest BCUT2D eigenvalue weighted by Gasteiger charge is 2.04. The third-order valence-electron chi connectivity index (χ3n) is 5.13. The van der Waals surface area contributed by atoms with Gasteiger partial charge in [-0.2, -0.15) is 0 Å². The average Bonchev–Trinajstić information content (AvgIpc) is 2.62. The van der Waals surface area contributed by atoms with Crippen molar-refractivity contribution in [2.45, 2.75) is 84.7 Å². The minimum atomic E-state index is 0. The molecule has 0 aliphatic rings. The zero-order valence-electron chi connectivity index (χ0n) is 17.0. The molecule has 0 radical (unpaired) electrons. The molecule has 2 nitrogen and oxygen atoms in total. The van der Waals surface area contributed by atoms with Crippen LogP contribution in [-0.2, 0) is 13.1 Å². The van der Waals surface area contributed by atoms with E-state index in [1.165, 1.54) is 82.3 Å². The highest BCUT2D eigenvalue weighted by molar-refractivity contribution is 4.94. The van der Waals surface area contributed by atoms with Crippen molar-refractivity contribution in [3.8, 4) is 0 Å². The van der Waals surface area contributed by atoms with E-state index >= 15 is 0 Å². The summed E-state index contributed by atoms with van der Waals surface area (Å²) < 4.78 is 4.74. The first kappa shape index (κ1) is 26.3. The van der Waals surface area contributed by atoms with Crippen molar-refractivity contribution in [2.75, 3.05) is 0 Å². The van der Waals surface area contributed by atoms with Crippen LogP contribution < -0.4 is 43.1 Å². The van der Waals surface area contributed by atoms with Crippen LogP contribution in [0.1, 0.15) is 69.2 Å². The summed E-state index contributed by atoms with van der Waals surface area (Å²) in [6, 6.07) is 12.9. The first-order chi connectivity index (χ1) is 12.3. The van der Waals surface area contributed by atoms with Gasteiger partial charge >= 0.3 is 0 Å². The molecule has 2 rings (SSSR count). The van der Waals surface area contributed by atoms with Crippen LogP contribution in [0.5, 0.6) is 0 Å². The lowest BCUT2D eigenvalue weighted by Gasteiger charge is -2.03. The highest BCUT2D eigenvalue weighted by atomic mass is 79.9. The lowest BCUT2D eigenvalue weighted by molar-refractivity contribution is -0.703. The molecule has 2 aromatic rings. The van der Waals surface area contributed by atoms with Gasteiger partial charge in [0.25, 0.3) is 0 Å². The molecule has 0 atom stereocenters. The van der Waals surface area contributed by atoms with E-state index in [4.69, 9.17) is 0 Å². The second-order valence-corrected chi connectivity index (χ2v) is 7.25. The third-order valence-corrected chi connectivity index (χ3v) is 5.13. The van der Waals surface area contributed by atoms with Crippen molar-refractivity contribution < 1.29 is 43.1 Å². The minimum absolute atomic E-state index is 0. The average molecular weight is 500 g/mol. The third kappa shape index (κ3) is 11.0. The van der Waals surface area contributed by atoms with Crippen LogP contribution in [-0.4, -0.2) is 0 Å². The van der Waals surface area contributed by atoms with Crippen LogP contribution in [0.15, 0.2) is 48.8 Å². The molecule has 0 bridgehead atoms. The Morgan fingerprint density at radius 3 is 1.19 bits per heavy atom. The Balaban J connectivity index is 0.00000338. The number of halogens is 2. The molecule has 0 unspecified atom stereocenters. The summed E-state index contributed by atoms with van der Waals surface area (Å²) in [5.74, 6) is 0. The van der Waals surface area contributed by atoms with E-state index in [0.29, 0.717) is 0 Å². The van der Waals surface area contributed by atoms with Gasteiger partial charge in [-0.15, -0.1) is 0 Å². The maximum atomic E-state index is 2.37. The lowest BCUT2D eigenvalue weighted by atomic mass is 10.1. The molecule has 0 saturated heterocycles. The molecule has 0 spiro atoms. The largest absolute Gasteiger partial charge is 1.00 e. The monoisotopic (exact) mass is 498 g/mol. The Morgan fingerprint density at radius 2 is 0.852 bits per heavy atom. The fourth-order valence-corrected chi connectivity index (χ4v) is 3.43. The van der Waals surface area contributed by atoms with Crippen molar-refractivity contribution in [2.24, 2.45) is 0 Å². The van der Waals surface area contributed by atoms with Crippen molar-refractivity contribution in [3.05, 3.63) is 60.2 Å². The number of nitrogens with zero attached hydrogens (tertiary/aromatic N) is 2. The summed E-state index contributed by atoms with van der Waals surface area (Å²) >= 11 is 0. The van der Waals surface area contributed by atoms with Gasteiger partial charge in [0.2, 0.25) is 0 Å². The molecule has 0 saturated carbocycles. The first-order valence-corrected chi connectivity index (χ1v) is 10.2. The number of aryl methyl sites for hydroxylation is 4. The molecule has 152 valence electrons. The maximum absolute atomic E-state index is 2.37. The fraction of sp³-hybridized carbons (Fsp3) is 0.565. The molecule has 0 fully saturated rings. The maximum Gasteiger partial charge on any atom is 0.178 e. The van der Waals surface area contributed by atoms with Gasteiger partial charge in [-0.1, -0.05) is 44.2 Å². The van der Waals surface area contributed by atoms with Gasteiger partial charge < -0.3 is 34.0 Å². The van der Waals surface area contributed by atoms with Crippen LogP contribution in [0.2, 0.25) is 0 Å². The summed E-state index contributed by atoms with van der Waals surface area (Å²) in [5, 5.41) is 0. The number of hydrogen-bond donors (Lipinski definition) is 0. The van der Waals surface area contributed by atoms with E-state index in [0.717, 1.165) is 0 Å². The van der Waals surface area contributed by atoms with Crippen molar-refractivity contribution in [1.29, 1.82) is 0 Å². The normalized spacial score (nSPS) is 10.1. The first-order valence-electron chi connectivity index (χ1n) is 10.2. The lowest BCUT2D eigenvalue weighted by Crippen LogP contribution is -3.00. The van der Waals surface area contributed by atoms with E-state index in [9.17, 15) is 0 Å². The molecule has 0 amide bonds. The van der Waals surface area contributed by atoms with Gasteiger partial charge in [-0.3, -0.25) is 0 Å². The Bertz CT molecular complexity index is 563. The van der Waals surface area contributed by atoms with Crippen molar-refractivity contribution in [3.63, 3.8) is 0 Å². The molecule has 0 aromatic carbocycles. The fourth-order valence-electron chi connectivity index (χ4n) is 3.43. The number of aromatic nitrogens is 2.